The van der Waals surface area contributed by atoms with Gasteiger partial charge in [-0.15, -0.1) is 0 Å². The molecule has 9 heteroatoms. The second kappa shape index (κ2) is 7.26. The molecule has 0 unspecified atom stereocenters. The van der Waals surface area contributed by atoms with Crippen molar-refractivity contribution in [3.63, 3.8) is 0 Å². The standard InChI is InChI=1S/C11H16N3O5P/c1-4-17-20(16,18-5-2)7-9-6-10(19-8(9)3)11(15)13-14-12/h6H,4-5,7H2,1-3H3. The van der Waals surface area contributed by atoms with Gasteiger partial charge in [0.25, 0.3) is 5.91 Å². The van der Waals surface area contributed by atoms with Crippen LogP contribution in [0.3, 0.4) is 0 Å². The van der Waals surface area contributed by atoms with Crippen LogP contribution in [0.5, 0.6) is 0 Å². The lowest BCUT2D eigenvalue weighted by Gasteiger charge is -2.16. The third kappa shape index (κ3) is 4.21. The van der Waals surface area contributed by atoms with Gasteiger partial charge < -0.3 is 13.5 Å². The fourth-order valence-corrected chi connectivity index (χ4v) is 3.38. The number of carbonyl (C=O) groups is 1. The Labute approximate surface area is 116 Å². The number of furan rings is 1. The zero-order valence-electron chi connectivity index (χ0n) is 11.5. The molecule has 1 aromatic heterocycles. The van der Waals surface area contributed by atoms with Crippen LogP contribution in [0.4, 0.5) is 0 Å². The summed E-state index contributed by atoms with van der Waals surface area (Å²) in [5.41, 5.74) is 8.73. The van der Waals surface area contributed by atoms with Gasteiger partial charge in [-0.2, -0.15) is 0 Å². The highest BCUT2D eigenvalue weighted by Gasteiger charge is 2.27. The van der Waals surface area contributed by atoms with Crippen molar-refractivity contribution < 1.29 is 22.8 Å². The van der Waals surface area contributed by atoms with Crippen LogP contribution in [0.25, 0.3) is 10.4 Å². The van der Waals surface area contributed by atoms with E-state index in [0.29, 0.717) is 11.3 Å². The van der Waals surface area contributed by atoms with E-state index in [1.165, 1.54) is 6.07 Å². The number of carbonyl (C=O) groups excluding carboxylic acids is 1. The molecule has 1 amide bonds. The Morgan fingerprint density at radius 1 is 1.45 bits per heavy atom. The quantitative estimate of drug-likeness (QED) is 0.329. The molecule has 0 spiro atoms. The lowest BCUT2D eigenvalue weighted by atomic mass is 10.3. The molecule has 0 fully saturated rings. The molecule has 0 saturated heterocycles. The molecule has 110 valence electrons. The summed E-state index contributed by atoms with van der Waals surface area (Å²) in [7, 11) is -3.28. The van der Waals surface area contributed by atoms with Gasteiger partial charge in [0, 0.05) is 10.5 Å². The Kier molecular flexibility index (Phi) is 5.98. The predicted molar refractivity (Wildman–Crippen MR) is 71.5 cm³/mol. The summed E-state index contributed by atoms with van der Waals surface area (Å²) in [6, 6.07) is 1.39. The molecular formula is C11H16N3O5P. The van der Waals surface area contributed by atoms with E-state index in [9.17, 15) is 9.36 Å². The number of nitrogens with zero attached hydrogens (tertiary/aromatic N) is 3. The van der Waals surface area contributed by atoms with Gasteiger partial charge in [0.2, 0.25) is 0 Å². The molecule has 1 rings (SSSR count). The first-order chi connectivity index (χ1) is 9.45. The summed E-state index contributed by atoms with van der Waals surface area (Å²) < 4.78 is 27.9. The van der Waals surface area contributed by atoms with Gasteiger partial charge in [-0.25, -0.2) is 0 Å². The lowest BCUT2D eigenvalue weighted by molar-refractivity contribution is 0.0972. The minimum Gasteiger partial charge on any atom is -0.458 e. The third-order valence-corrected chi connectivity index (χ3v) is 4.41. The Hall–Kier alpha value is -1.59. The van der Waals surface area contributed by atoms with Crippen molar-refractivity contribution in [2.24, 2.45) is 5.11 Å². The maximum absolute atomic E-state index is 12.4. The number of azide groups is 1. The largest absolute Gasteiger partial charge is 0.458 e. The lowest BCUT2D eigenvalue weighted by Crippen LogP contribution is -1.99. The van der Waals surface area contributed by atoms with Crippen molar-refractivity contribution in [2.75, 3.05) is 13.2 Å². The van der Waals surface area contributed by atoms with Crippen LogP contribution in [0.1, 0.15) is 35.7 Å². The van der Waals surface area contributed by atoms with E-state index < -0.39 is 13.5 Å². The highest BCUT2D eigenvalue weighted by atomic mass is 31.2. The fourth-order valence-electron chi connectivity index (χ4n) is 1.60. The summed E-state index contributed by atoms with van der Waals surface area (Å²) in [5, 5.41) is 2.93. The third-order valence-electron chi connectivity index (χ3n) is 2.38. The van der Waals surface area contributed by atoms with Crippen LogP contribution in [0.15, 0.2) is 15.6 Å². The average Bonchev–Trinajstić information content (AvgIpc) is 2.71. The first-order valence-electron chi connectivity index (χ1n) is 6.02. The summed E-state index contributed by atoms with van der Waals surface area (Å²) in [6.45, 7) is 5.54. The molecule has 0 bridgehead atoms. The molecule has 0 aliphatic heterocycles. The van der Waals surface area contributed by atoms with Crippen LogP contribution in [-0.4, -0.2) is 19.1 Å². The van der Waals surface area contributed by atoms with Crippen LogP contribution >= 0.6 is 7.60 Å². The maximum atomic E-state index is 12.4. The van der Waals surface area contributed by atoms with E-state index in [-0.39, 0.29) is 25.1 Å². The maximum Gasteiger partial charge on any atom is 0.335 e. The molecule has 1 heterocycles. The fraction of sp³-hybridized carbons (Fsp3) is 0.545. The molecule has 0 aromatic carbocycles. The minimum absolute atomic E-state index is 0.00639. The van der Waals surface area contributed by atoms with E-state index in [4.69, 9.17) is 19.0 Å². The summed E-state index contributed by atoms with van der Waals surface area (Å²) in [6.07, 6.45) is -0.00639. The van der Waals surface area contributed by atoms with E-state index >= 15 is 0 Å². The first-order valence-corrected chi connectivity index (χ1v) is 7.75. The molecule has 0 N–H and O–H groups in total. The highest BCUT2D eigenvalue weighted by molar-refractivity contribution is 7.53. The van der Waals surface area contributed by atoms with Crippen molar-refractivity contribution in [3.8, 4) is 0 Å². The Morgan fingerprint density at radius 3 is 2.55 bits per heavy atom. The molecule has 20 heavy (non-hydrogen) atoms. The summed E-state index contributed by atoms with van der Waals surface area (Å²) >= 11 is 0. The normalized spacial score (nSPS) is 11.2. The molecule has 0 aliphatic rings. The second-order valence-electron chi connectivity index (χ2n) is 3.79. The SMILES string of the molecule is CCOP(=O)(Cc1cc(C(=O)N=[N+]=[N-])oc1C)OCC. The monoisotopic (exact) mass is 301 g/mol. The first kappa shape index (κ1) is 16.5. The highest BCUT2D eigenvalue weighted by Crippen LogP contribution is 2.51. The Balaban J connectivity index is 2.99. The van der Waals surface area contributed by atoms with E-state index in [0.717, 1.165) is 0 Å². The van der Waals surface area contributed by atoms with E-state index in [1.807, 2.05) is 0 Å². The minimum atomic E-state index is -3.28. The van der Waals surface area contributed by atoms with Gasteiger partial charge in [-0.1, -0.05) is 0 Å². The average molecular weight is 301 g/mol. The van der Waals surface area contributed by atoms with Crippen LogP contribution < -0.4 is 0 Å². The van der Waals surface area contributed by atoms with Crippen LogP contribution in [0.2, 0.25) is 0 Å². The number of rotatable bonds is 7. The molecule has 0 atom stereocenters. The Morgan fingerprint density at radius 2 is 2.05 bits per heavy atom. The topological polar surface area (TPSA) is 115 Å². The van der Waals surface area contributed by atoms with Crippen LogP contribution in [0, 0.1) is 6.92 Å². The molecule has 0 saturated carbocycles. The number of hydrogen-bond donors (Lipinski definition) is 0. The summed E-state index contributed by atoms with van der Waals surface area (Å²) in [4.78, 5) is 13.8. The van der Waals surface area contributed by atoms with E-state index in [1.54, 1.807) is 20.8 Å². The van der Waals surface area contributed by atoms with Gasteiger partial charge in [-0.3, -0.25) is 9.36 Å². The van der Waals surface area contributed by atoms with Crippen molar-refractivity contribution in [1.29, 1.82) is 0 Å². The van der Waals surface area contributed by atoms with Gasteiger partial charge in [-0.05, 0) is 37.5 Å². The Bertz CT molecular complexity index is 567. The zero-order valence-corrected chi connectivity index (χ0v) is 12.4. The number of amides is 1. The van der Waals surface area contributed by atoms with Crippen molar-refractivity contribution in [1.82, 2.24) is 0 Å². The molecule has 1 aromatic rings. The molecular weight excluding hydrogens is 285 g/mol. The molecule has 8 nitrogen and oxygen atoms in total. The van der Waals surface area contributed by atoms with Crippen molar-refractivity contribution in [2.45, 2.75) is 26.9 Å². The van der Waals surface area contributed by atoms with Gasteiger partial charge in [0.05, 0.1) is 19.4 Å². The van der Waals surface area contributed by atoms with Gasteiger partial charge in [0.1, 0.15) is 5.76 Å². The molecule has 0 aliphatic carbocycles. The van der Waals surface area contributed by atoms with Crippen molar-refractivity contribution >= 4 is 13.5 Å². The van der Waals surface area contributed by atoms with Gasteiger partial charge >= 0.3 is 7.60 Å². The number of aryl methyl sites for hydroxylation is 1. The number of hydrogen-bond acceptors (Lipinski definition) is 5. The van der Waals surface area contributed by atoms with Crippen LogP contribution in [-0.2, 0) is 19.8 Å². The zero-order chi connectivity index (χ0) is 15.2. The van der Waals surface area contributed by atoms with Crippen molar-refractivity contribution in [3.05, 3.63) is 33.6 Å². The smallest absolute Gasteiger partial charge is 0.335 e. The second-order valence-corrected chi connectivity index (χ2v) is 5.85. The van der Waals surface area contributed by atoms with E-state index in [2.05, 4.69) is 10.0 Å². The molecule has 0 radical (unpaired) electrons. The summed E-state index contributed by atoms with van der Waals surface area (Å²) in [5.74, 6) is -0.527. The predicted octanol–water partition coefficient (Wildman–Crippen LogP) is 3.80. The van der Waals surface area contributed by atoms with Gasteiger partial charge in [0.15, 0.2) is 5.76 Å².